The van der Waals surface area contributed by atoms with Crippen LogP contribution in [0.2, 0.25) is 0 Å². The lowest BCUT2D eigenvalue weighted by molar-refractivity contribution is 0.0760. The van der Waals surface area contributed by atoms with E-state index in [-0.39, 0.29) is 6.10 Å². The van der Waals surface area contributed by atoms with Gasteiger partial charge in [-0.3, -0.25) is 0 Å². The van der Waals surface area contributed by atoms with E-state index in [0.29, 0.717) is 0 Å². The van der Waals surface area contributed by atoms with E-state index in [1.165, 1.54) is 44.9 Å². The summed E-state index contributed by atoms with van der Waals surface area (Å²) in [5.74, 6) is 0. The van der Waals surface area contributed by atoms with Gasteiger partial charge < -0.3 is 4.74 Å². The normalized spacial score (nSPS) is 12.7. The Morgan fingerprint density at radius 3 is 2.27 bits per heavy atom. The highest BCUT2D eigenvalue weighted by Crippen LogP contribution is 2.07. The fourth-order valence-electron chi connectivity index (χ4n) is 1.67. The molecule has 0 aliphatic heterocycles. The van der Waals surface area contributed by atoms with E-state index in [1.54, 1.807) is 0 Å². The lowest BCUT2D eigenvalue weighted by Crippen LogP contribution is -2.09. The largest absolute Gasteiger partial charge is 0.374 e. The third-order valence-electron chi connectivity index (χ3n) is 2.67. The molecule has 0 radical (unpaired) electrons. The molecule has 0 aromatic rings. The lowest BCUT2D eigenvalue weighted by atomic mass is 10.1. The third kappa shape index (κ3) is 9.99. The first kappa shape index (κ1) is 14.7. The molecule has 0 rings (SSSR count). The Labute approximate surface area is 95.9 Å². The van der Waals surface area contributed by atoms with Gasteiger partial charge in [0.1, 0.15) is 0 Å². The average molecular weight is 212 g/mol. The molecule has 0 saturated heterocycles. The Hall–Kier alpha value is -0.300. The van der Waals surface area contributed by atoms with Crippen LogP contribution in [0.3, 0.4) is 0 Å². The Morgan fingerprint density at radius 2 is 1.67 bits per heavy atom. The van der Waals surface area contributed by atoms with Crippen molar-refractivity contribution in [2.24, 2.45) is 0 Å². The Kier molecular flexibility index (Phi) is 11.5. The molecule has 0 bridgehead atoms. The molecule has 0 amide bonds. The summed E-state index contributed by atoms with van der Waals surface area (Å²) in [6.07, 6.45) is 12.5. The third-order valence-corrected chi connectivity index (χ3v) is 2.67. The van der Waals surface area contributed by atoms with Crippen LogP contribution in [-0.4, -0.2) is 12.7 Å². The summed E-state index contributed by atoms with van der Waals surface area (Å²) in [6.45, 7) is 9.14. The summed E-state index contributed by atoms with van der Waals surface area (Å²) in [7, 11) is 0. The second kappa shape index (κ2) is 11.8. The molecular formula is C14H28O. The molecule has 15 heavy (non-hydrogen) atoms. The van der Waals surface area contributed by atoms with Crippen molar-refractivity contribution in [3.8, 4) is 0 Å². The van der Waals surface area contributed by atoms with Gasteiger partial charge >= 0.3 is 0 Å². The Morgan fingerprint density at radius 1 is 1.00 bits per heavy atom. The standard InChI is InChI=1S/C14H28O/c1-4-7-8-9-10-11-13-15-14(6-3)12-5-2/h6,14H,3-5,7-13H2,1-2H3. The summed E-state index contributed by atoms with van der Waals surface area (Å²) >= 11 is 0. The number of rotatable bonds is 11. The van der Waals surface area contributed by atoms with Crippen molar-refractivity contribution in [1.82, 2.24) is 0 Å². The maximum absolute atomic E-state index is 5.72. The van der Waals surface area contributed by atoms with E-state index in [4.69, 9.17) is 4.74 Å². The zero-order valence-electron chi connectivity index (χ0n) is 10.6. The fourth-order valence-corrected chi connectivity index (χ4v) is 1.67. The first-order valence-electron chi connectivity index (χ1n) is 6.59. The van der Waals surface area contributed by atoms with Crippen molar-refractivity contribution < 1.29 is 4.74 Å². The van der Waals surface area contributed by atoms with Gasteiger partial charge in [0.05, 0.1) is 6.10 Å². The van der Waals surface area contributed by atoms with E-state index in [9.17, 15) is 0 Å². The molecular weight excluding hydrogens is 184 g/mol. The molecule has 0 saturated carbocycles. The minimum atomic E-state index is 0.283. The Balaban J connectivity index is 3.17. The molecule has 0 spiro atoms. The first-order valence-corrected chi connectivity index (χ1v) is 6.59. The van der Waals surface area contributed by atoms with Crippen molar-refractivity contribution in [2.45, 2.75) is 71.3 Å². The topological polar surface area (TPSA) is 9.23 Å². The molecule has 0 aromatic carbocycles. The van der Waals surface area contributed by atoms with E-state index in [2.05, 4.69) is 20.4 Å². The van der Waals surface area contributed by atoms with Crippen molar-refractivity contribution in [3.63, 3.8) is 0 Å². The minimum absolute atomic E-state index is 0.283. The molecule has 0 fully saturated rings. The quantitative estimate of drug-likeness (QED) is 0.356. The molecule has 1 heteroatoms. The predicted octanol–water partition coefficient (Wildman–Crippen LogP) is 4.72. The van der Waals surface area contributed by atoms with Crippen LogP contribution in [0.15, 0.2) is 12.7 Å². The smallest absolute Gasteiger partial charge is 0.0753 e. The number of ether oxygens (including phenoxy) is 1. The Bertz CT molecular complexity index is 131. The van der Waals surface area contributed by atoms with Crippen LogP contribution in [0.1, 0.15) is 65.2 Å². The minimum Gasteiger partial charge on any atom is -0.374 e. The van der Waals surface area contributed by atoms with E-state index < -0.39 is 0 Å². The van der Waals surface area contributed by atoms with E-state index in [1.807, 2.05) is 6.08 Å². The SMILES string of the molecule is C=CC(CCC)OCCCCCCCC. The van der Waals surface area contributed by atoms with Crippen molar-refractivity contribution in [1.29, 1.82) is 0 Å². The number of hydrogen-bond acceptors (Lipinski definition) is 1. The van der Waals surface area contributed by atoms with Crippen LogP contribution in [-0.2, 0) is 4.74 Å². The monoisotopic (exact) mass is 212 g/mol. The van der Waals surface area contributed by atoms with Gasteiger partial charge in [-0.15, -0.1) is 6.58 Å². The van der Waals surface area contributed by atoms with Crippen LogP contribution < -0.4 is 0 Å². The zero-order valence-corrected chi connectivity index (χ0v) is 10.6. The number of unbranched alkanes of at least 4 members (excludes halogenated alkanes) is 5. The van der Waals surface area contributed by atoms with Gasteiger partial charge in [0.2, 0.25) is 0 Å². The molecule has 1 nitrogen and oxygen atoms in total. The molecule has 0 heterocycles. The predicted molar refractivity (Wildman–Crippen MR) is 68.2 cm³/mol. The van der Waals surface area contributed by atoms with Gasteiger partial charge in [-0.1, -0.05) is 58.4 Å². The summed E-state index contributed by atoms with van der Waals surface area (Å²) in [5.41, 5.74) is 0. The van der Waals surface area contributed by atoms with Crippen LogP contribution >= 0.6 is 0 Å². The second-order valence-corrected chi connectivity index (χ2v) is 4.20. The van der Waals surface area contributed by atoms with E-state index in [0.717, 1.165) is 13.0 Å². The number of hydrogen-bond donors (Lipinski definition) is 0. The molecule has 0 aliphatic rings. The van der Waals surface area contributed by atoms with Gasteiger partial charge in [-0.2, -0.15) is 0 Å². The van der Waals surface area contributed by atoms with Gasteiger partial charge in [-0.05, 0) is 12.8 Å². The second-order valence-electron chi connectivity index (χ2n) is 4.20. The van der Waals surface area contributed by atoms with Gasteiger partial charge in [-0.25, -0.2) is 0 Å². The molecule has 90 valence electrons. The van der Waals surface area contributed by atoms with Gasteiger partial charge in [0, 0.05) is 6.61 Å². The first-order chi connectivity index (χ1) is 7.35. The summed E-state index contributed by atoms with van der Waals surface area (Å²) in [4.78, 5) is 0. The summed E-state index contributed by atoms with van der Waals surface area (Å²) in [6, 6.07) is 0. The highest BCUT2D eigenvalue weighted by Gasteiger charge is 2.01. The van der Waals surface area contributed by atoms with Crippen LogP contribution in [0, 0.1) is 0 Å². The lowest BCUT2D eigenvalue weighted by Gasteiger charge is -2.12. The van der Waals surface area contributed by atoms with Gasteiger partial charge in [0.15, 0.2) is 0 Å². The van der Waals surface area contributed by atoms with Crippen molar-refractivity contribution in [3.05, 3.63) is 12.7 Å². The van der Waals surface area contributed by atoms with E-state index >= 15 is 0 Å². The molecule has 0 N–H and O–H groups in total. The highest BCUT2D eigenvalue weighted by molar-refractivity contribution is 4.79. The highest BCUT2D eigenvalue weighted by atomic mass is 16.5. The molecule has 0 aliphatic carbocycles. The molecule has 1 atom stereocenters. The summed E-state index contributed by atoms with van der Waals surface area (Å²) < 4.78 is 5.72. The molecule has 0 aromatic heterocycles. The summed E-state index contributed by atoms with van der Waals surface area (Å²) in [5, 5.41) is 0. The van der Waals surface area contributed by atoms with Crippen molar-refractivity contribution >= 4 is 0 Å². The van der Waals surface area contributed by atoms with Crippen LogP contribution in [0.5, 0.6) is 0 Å². The maximum atomic E-state index is 5.72. The van der Waals surface area contributed by atoms with Crippen molar-refractivity contribution in [2.75, 3.05) is 6.61 Å². The zero-order chi connectivity index (χ0) is 11.4. The average Bonchev–Trinajstić information content (AvgIpc) is 2.26. The maximum Gasteiger partial charge on any atom is 0.0753 e. The van der Waals surface area contributed by atoms with Crippen LogP contribution in [0.25, 0.3) is 0 Å². The fraction of sp³-hybridized carbons (Fsp3) is 0.857. The van der Waals surface area contributed by atoms with Crippen LogP contribution in [0.4, 0.5) is 0 Å². The van der Waals surface area contributed by atoms with Gasteiger partial charge in [0.25, 0.3) is 0 Å². The molecule has 1 unspecified atom stereocenters.